The molecule has 2 heterocycles. The Morgan fingerprint density at radius 3 is 2.12 bits per heavy atom. The molecule has 7 heteroatoms. The summed E-state index contributed by atoms with van der Waals surface area (Å²) < 4.78 is 13.2. The lowest BCUT2D eigenvalue weighted by Gasteiger charge is -2.42. The molecule has 0 spiro atoms. The first kappa shape index (κ1) is 26.7. The van der Waals surface area contributed by atoms with E-state index < -0.39 is 13.2 Å². The van der Waals surface area contributed by atoms with Gasteiger partial charge in [0.15, 0.2) is 0 Å². The maximum absolute atomic E-state index is 13.7. The fourth-order valence-electron chi connectivity index (χ4n) is 5.96. The summed E-state index contributed by atoms with van der Waals surface area (Å²) >= 11 is 0. The average molecular weight is 470 g/mol. The number of hydrogen-bond donors (Lipinski definition) is 0. The highest BCUT2D eigenvalue weighted by Gasteiger charge is 2.58. The van der Waals surface area contributed by atoms with Crippen molar-refractivity contribution < 1.29 is 18.9 Å². The molecule has 6 nitrogen and oxygen atoms in total. The largest absolute Gasteiger partial charge is 0.494 e. The van der Waals surface area contributed by atoms with Gasteiger partial charge < -0.3 is 19.1 Å². The van der Waals surface area contributed by atoms with Gasteiger partial charge in [-0.05, 0) is 62.5 Å². The Labute approximate surface area is 206 Å². The average Bonchev–Trinajstić information content (AvgIpc) is 3.20. The number of nitrogens with zero attached hydrogens (tertiary/aromatic N) is 2. The molecule has 2 saturated heterocycles. The van der Waals surface area contributed by atoms with Crippen molar-refractivity contribution in [1.82, 2.24) is 9.80 Å². The Balaban J connectivity index is 1.89. The molecular formula is C27H43BN2O4. The molecule has 2 amide bonds. The van der Waals surface area contributed by atoms with Crippen LogP contribution in [0.4, 0.5) is 0 Å². The van der Waals surface area contributed by atoms with E-state index in [1.165, 1.54) is 0 Å². The summed E-state index contributed by atoms with van der Waals surface area (Å²) in [6, 6.07) is 7.19. The summed E-state index contributed by atoms with van der Waals surface area (Å²) in [6.45, 7) is 16.6. The van der Waals surface area contributed by atoms with Crippen LogP contribution >= 0.6 is 0 Å². The normalized spacial score (nSPS) is 22.1. The van der Waals surface area contributed by atoms with Crippen molar-refractivity contribution in [2.75, 3.05) is 19.6 Å². The molecule has 0 radical (unpaired) electrons. The van der Waals surface area contributed by atoms with Gasteiger partial charge in [0.05, 0.1) is 11.2 Å². The van der Waals surface area contributed by atoms with E-state index in [2.05, 4.69) is 41.5 Å². The number of carbonyl (C=O) groups excluding carboxylic acids is 2. The second-order valence-electron chi connectivity index (χ2n) is 10.2. The molecule has 188 valence electrons. The van der Waals surface area contributed by atoms with Crippen LogP contribution in [0.15, 0.2) is 24.3 Å². The van der Waals surface area contributed by atoms with Crippen LogP contribution in [0.25, 0.3) is 0 Å². The van der Waals surface area contributed by atoms with Gasteiger partial charge in [0.2, 0.25) is 5.91 Å². The van der Waals surface area contributed by atoms with Gasteiger partial charge in [0, 0.05) is 25.2 Å². The highest BCUT2D eigenvalue weighted by molar-refractivity contribution is 6.62. The van der Waals surface area contributed by atoms with Crippen LogP contribution in [-0.2, 0) is 14.1 Å². The maximum Gasteiger partial charge on any atom is 0.494 e. The lowest BCUT2D eigenvalue weighted by atomic mass is 9.75. The third-order valence-electron chi connectivity index (χ3n) is 8.11. The number of likely N-dealkylation sites (N-methyl/N-ethyl adjacent to an activating group) is 1. The second-order valence-corrected chi connectivity index (χ2v) is 10.2. The van der Waals surface area contributed by atoms with E-state index in [1.54, 1.807) is 4.90 Å². The molecule has 0 N–H and O–H groups in total. The molecular weight excluding hydrogens is 427 g/mol. The molecule has 1 aromatic carbocycles. The number of piperazine rings is 1. The van der Waals surface area contributed by atoms with Crippen LogP contribution in [0.1, 0.15) is 90.9 Å². The highest BCUT2D eigenvalue weighted by atomic mass is 16.7. The van der Waals surface area contributed by atoms with Gasteiger partial charge in [-0.1, -0.05) is 53.7 Å². The molecule has 2 fully saturated rings. The van der Waals surface area contributed by atoms with Gasteiger partial charge in [-0.15, -0.1) is 0 Å². The summed E-state index contributed by atoms with van der Waals surface area (Å²) in [5.41, 5.74) is 0.763. The third kappa shape index (κ3) is 4.66. The first-order chi connectivity index (χ1) is 16.2. The lowest BCUT2D eigenvalue weighted by Crippen LogP contribution is -2.59. The van der Waals surface area contributed by atoms with Gasteiger partial charge in [-0.3, -0.25) is 9.59 Å². The first-order valence-electron chi connectivity index (χ1n) is 13.3. The van der Waals surface area contributed by atoms with Gasteiger partial charge in [-0.25, -0.2) is 0 Å². The molecule has 0 bridgehead atoms. The molecule has 1 aromatic rings. The fourth-order valence-corrected chi connectivity index (χ4v) is 5.96. The van der Waals surface area contributed by atoms with Crippen LogP contribution < -0.4 is 5.46 Å². The van der Waals surface area contributed by atoms with E-state index in [0.717, 1.165) is 31.1 Å². The number of benzene rings is 1. The minimum absolute atomic E-state index is 0.0563. The smallest absolute Gasteiger partial charge is 0.399 e. The van der Waals surface area contributed by atoms with Crippen molar-refractivity contribution in [3.63, 3.8) is 0 Å². The summed E-state index contributed by atoms with van der Waals surface area (Å²) in [4.78, 5) is 30.4. The maximum atomic E-state index is 13.7. The van der Waals surface area contributed by atoms with Crippen molar-refractivity contribution >= 4 is 24.4 Å². The van der Waals surface area contributed by atoms with E-state index in [9.17, 15) is 9.59 Å². The van der Waals surface area contributed by atoms with E-state index in [0.29, 0.717) is 37.5 Å². The number of hydrogen-bond acceptors (Lipinski definition) is 4. The van der Waals surface area contributed by atoms with E-state index in [4.69, 9.17) is 9.31 Å². The van der Waals surface area contributed by atoms with E-state index in [-0.39, 0.29) is 23.0 Å². The zero-order valence-electron chi connectivity index (χ0n) is 22.2. The number of amides is 2. The molecule has 1 unspecified atom stereocenters. The van der Waals surface area contributed by atoms with Crippen LogP contribution in [0.2, 0.25) is 0 Å². The lowest BCUT2D eigenvalue weighted by molar-refractivity contribution is -0.140. The standard InChI is InChI=1S/C27H43BN2O4/c1-8-26(9-2)27(10-3,11-4)34-28(33-26)22-15-13-14-21(19-22)24(31)30-17-16-29(12-5)25(32)23(30)18-20(6)7/h13-15,19-20,23H,8-12,16-18H2,1-7H3. The quantitative estimate of drug-likeness (QED) is 0.506. The highest BCUT2D eigenvalue weighted by Crippen LogP contribution is 2.46. The van der Waals surface area contributed by atoms with E-state index in [1.807, 2.05) is 36.1 Å². The van der Waals surface area contributed by atoms with Crippen molar-refractivity contribution in [2.24, 2.45) is 5.92 Å². The van der Waals surface area contributed by atoms with Crippen LogP contribution in [0.3, 0.4) is 0 Å². The number of rotatable bonds is 9. The number of carbonyl (C=O) groups is 2. The van der Waals surface area contributed by atoms with Crippen molar-refractivity contribution in [1.29, 1.82) is 0 Å². The van der Waals surface area contributed by atoms with Gasteiger partial charge in [0.25, 0.3) is 5.91 Å². The Bertz CT molecular complexity index is 846. The van der Waals surface area contributed by atoms with Crippen molar-refractivity contribution in [3.05, 3.63) is 29.8 Å². The van der Waals surface area contributed by atoms with Crippen LogP contribution in [0, 0.1) is 5.92 Å². The SMILES string of the molecule is CCN1CCN(C(=O)c2cccc(B3OC(CC)(CC)C(CC)(CC)O3)c2)C(CC(C)C)C1=O. The first-order valence-corrected chi connectivity index (χ1v) is 13.3. The van der Waals surface area contributed by atoms with Crippen LogP contribution in [-0.4, -0.2) is 65.6 Å². The van der Waals surface area contributed by atoms with Gasteiger partial charge >= 0.3 is 7.12 Å². The van der Waals surface area contributed by atoms with E-state index >= 15 is 0 Å². The summed E-state index contributed by atoms with van der Waals surface area (Å²) in [5.74, 6) is 0.282. The molecule has 0 aliphatic carbocycles. The molecule has 2 aliphatic heterocycles. The third-order valence-corrected chi connectivity index (χ3v) is 8.11. The molecule has 2 aliphatic rings. The molecule has 34 heavy (non-hydrogen) atoms. The minimum atomic E-state index is -0.502. The predicted molar refractivity (Wildman–Crippen MR) is 137 cm³/mol. The summed E-state index contributed by atoms with van der Waals surface area (Å²) in [5, 5.41) is 0. The molecule has 0 saturated carbocycles. The molecule has 3 rings (SSSR count). The zero-order valence-corrected chi connectivity index (χ0v) is 22.2. The van der Waals surface area contributed by atoms with Crippen LogP contribution in [0.5, 0.6) is 0 Å². The summed E-state index contributed by atoms with van der Waals surface area (Å²) in [7, 11) is -0.502. The Kier molecular flexibility index (Phi) is 8.51. The molecule has 1 atom stereocenters. The minimum Gasteiger partial charge on any atom is -0.399 e. The van der Waals surface area contributed by atoms with Crippen molar-refractivity contribution in [2.45, 2.75) is 97.8 Å². The zero-order chi connectivity index (χ0) is 25.1. The predicted octanol–water partition coefficient (Wildman–Crippen LogP) is 4.27. The van der Waals surface area contributed by atoms with Gasteiger partial charge in [-0.2, -0.15) is 0 Å². The summed E-state index contributed by atoms with van der Waals surface area (Å²) in [6.07, 6.45) is 4.17. The van der Waals surface area contributed by atoms with Gasteiger partial charge in [0.1, 0.15) is 6.04 Å². The second kappa shape index (κ2) is 10.8. The topological polar surface area (TPSA) is 59.1 Å². The van der Waals surface area contributed by atoms with Crippen molar-refractivity contribution in [3.8, 4) is 0 Å². The monoisotopic (exact) mass is 470 g/mol. The molecule has 0 aromatic heterocycles. The Morgan fingerprint density at radius 1 is 1.03 bits per heavy atom. The Morgan fingerprint density at radius 2 is 1.62 bits per heavy atom. The fraction of sp³-hybridized carbons (Fsp3) is 0.704. The Hall–Kier alpha value is -1.86.